The van der Waals surface area contributed by atoms with Crippen LogP contribution in [0.4, 0.5) is 0 Å². The van der Waals surface area contributed by atoms with E-state index in [1.807, 2.05) is 83.7 Å². The van der Waals surface area contributed by atoms with Gasteiger partial charge in [-0.25, -0.2) is 9.36 Å². The van der Waals surface area contributed by atoms with Crippen molar-refractivity contribution in [2.24, 2.45) is 0 Å². The van der Waals surface area contributed by atoms with E-state index >= 15 is 0 Å². The van der Waals surface area contributed by atoms with Crippen LogP contribution in [0.25, 0.3) is 22.4 Å². The Morgan fingerprint density at radius 3 is 2.42 bits per heavy atom. The summed E-state index contributed by atoms with van der Waals surface area (Å²) in [5.41, 5.74) is 2.31. The number of para-hydroxylation sites is 2. The molecule has 0 saturated heterocycles. The lowest BCUT2D eigenvalue weighted by atomic mass is 10.2. The van der Waals surface area contributed by atoms with E-state index in [1.165, 1.54) is 4.68 Å². The second-order valence-electron chi connectivity index (χ2n) is 8.43. The van der Waals surface area contributed by atoms with E-state index in [0.717, 1.165) is 11.3 Å². The van der Waals surface area contributed by atoms with E-state index in [2.05, 4.69) is 10.4 Å². The van der Waals surface area contributed by atoms with Gasteiger partial charge in [0.15, 0.2) is 5.82 Å². The fraction of sp³-hybridized carbons (Fsp3) is 0.185. The van der Waals surface area contributed by atoms with Crippen molar-refractivity contribution in [3.05, 3.63) is 101 Å². The van der Waals surface area contributed by atoms with Crippen LogP contribution in [0.15, 0.2) is 83.9 Å². The van der Waals surface area contributed by atoms with Gasteiger partial charge in [0.2, 0.25) is 5.91 Å². The molecular weight excluding hydrogens is 456 g/mol. The summed E-state index contributed by atoms with van der Waals surface area (Å²) >= 11 is 0. The third-order valence-corrected chi connectivity index (χ3v) is 6.13. The van der Waals surface area contributed by atoms with Gasteiger partial charge in [0, 0.05) is 24.5 Å². The summed E-state index contributed by atoms with van der Waals surface area (Å²) in [5, 5.41) is 12.5. The number of carbonyl (C=O) groups is 1. The van der Waals surface area contributed by atoms with Gasteiger partial charge >= 0.3 is 0 Å². The number of aromatic nitrogens is 5. The van der Waals surface area contributed by atoms with Gasteiger partial charge in [0.1, 0.15) is 22.7 Å². The fourth-order valence-corrected chi connectivity index (χ4v) is 4.24. The van der Waals surface area contributed by atoms with Gasteiger partial charge in [0.05, 0.1) is 18.5 Å². The van der Waals surface area contributed by atoms with Crippen LogP contribution < -0.4 is 15.6 Å². The van der Waals surface area contributed by atoms with Gasteiger partial charge in [-0.1, -0.05) is 36.4 Å². The van der Waals surface area contributed by atoms with Crippen LogP contribution in [0.2, 0.25) is 0 Å². The van der Waals surface area contributed by atoms with Gasteiger partial charge in [-0.05, 0) is 44.2 Å². The second kappa shape index (κ2) is 9.53. The molecule has 0 radical (unpaired) electrons. The number of nitrogens with zero attached hydrogens (tertiary/aromatic N) is 5. The highest BCUT2D eigenvalue weighted by atomic mass is 16.5. The fourth-order valence-electron chi connectivity index (χ4n) is 4.24. The number of benzene rings is 2. The number of carbonyl (C=O) groups excluding carboxylic acids is 1. The highest BCUT2D eigenvalue weighted by Crippen LogP contribution is 2.25. The molecule has 5 rings (SSSR count). The molecule has 0 spiro atoms. The van der Waals surface area contributed by atoms with Crippen molar-refractivity contribution in [3.63, 3.8) is 0 Å². The molecule has 1 atom stereocenters. The van der Waals surface area contributed by atoms with Crippen LogP contribution >= 0.6 is 0 Å². The van der Waals surface area contributed by atoms with E-state index in [9.17, 15) is 9.59 Å². The number of nitrogens with one attached hydrogen (secondary N) is 1. The maximum atomic E-state index is 13.8. The van der Waals surface area contributed by atoms with E-state index in [0.29, 0.717) is 28.2 Å². The van der Waals surface area contributed by atoms with Crippen LogP contribution in [-0.4, -0.2) is 37.1 Å². The zero-order chi connectivity index (χ0) is 25.2. The van der Waals surface area contributed by atoms with Crippen molar-refractivity contribution >= 4 is 16.8 Å². The zero-order valence-electron chi connectivity index (χ0n) is 20.3. The SMILES string of the molecule is COc1ccccc1CNC(=O)[C@@H](C)n1nc(C)c2nn(-c3ccccc3)c(-n3cccc3)c2c1=O. The van der Waals surface area contributed by atoms with Crippen molar-refractivity contribution in [2.75, 3.05) is 7.11 Å². The summed E-state index contributed by atoms with van der Waals surface area (Å²) in [5.74, 6) is 0.946. The normalized spacial score (nSPS) is 12.0. The number of amides is 1. The van der Waals surface area contributed by atoms with E-state index < -0.39 is 6.04 Å². The summed E-state index contributed by atoms with van der Waals surface area (Å²) < 4.78 is 10.2. The molecule has 1 N–H and O–H groups in total. The Morgan fingerprint density at radius 1 is 1.00 bits per heavy atom. The Kier molecular flexibility index (Phi) is 6.12. The first-order valence-corrected chi connectivity index (χ1v) is 11.6. The molecule has 1 amide bonds. The molecule has 9 heteroatoms. The highest BCUT2D eigenvalue weighted by Gasteiger charge is 2.25. The number of hydrogen-bond acceptors (Lipinski definition) is 5. The summed E-state index contributed by atoms with van der Waals surface area (Å²) in [7, 11) is 1.59. The average Bonchev–Trinajstić information content (AvgIpc) is 3.58. The van der Waals surface area contributed by atoms with Crippen molar-refractivity contribution in [1.82, 2.24) is 29.4 Å². The first-order valence-electron chi connectivity index (χ1n) is 11.6. The number of methoxy groups -OCH3 is 1. The predicted molar refractivity (Wildman–Crippen MR) is 137 cm³/mol. The quantitative estimate of drug-likeness (QED) is 0.383. The Morgan fingerprint density at radius 2 is 1.69 bits per heavy atom. The Hall–Kier alpha value is -4.66. The molecule has 36 heavy (non-hydrogen) atoms. The topological polar surface area (TPSA) is 96.0 Å². The average molecular weight is 483 g/mol. The Labute approximate surface area is 207 Å². The lowest BCUT2D eigenvalue weighted by molar-refractivity contribution is -0.124. The molecule has 0 aliphatic heterocycles. The monoisotopic (exact) mass is 482 g/mol. The van der Waals surface area contributed by atoms with Gasteiger partial charge in [-0.3, -0.25) is 9.59 Å². The predicted octanol–water partition coefficient (Wildman–Crippen LogP) is 3.57. The maximum Gasteiger partial charge on any atom is 0.280 e. The van der Waals surface area contributed by atoms with Crippen molar-refractivity contribution in [1.29, 1.82) is 0 Å². The Balaban J connectivity index is 1.57. The minimum Gasteiger partial charge on any atom is -0.496 e. The van der Waals surface area contributed by atoms with Crippen LogP contribution in [0.3, 0.4) is 0 Å². The van der Waals surface area contributed by atoms with Crippen molar-refractivity contribution in [3.8, 4) is 17.3 Å². The summed E-state index contributed by atoms with van der Waals surface area (Å²) in [6, 6.07) is 20.0. The van der Waals surface area contributed by atoms with Gasteiger partial charge < -0.3 is 14.6 Å². The number of fused-ring (bicyclic) bond motifs is 1. The molecular formula is C27H26N6O3. The molecule has 0 saturated carbocycles. The number of rotatable bonds is 7. The minimum atomic E-state index is -0.840. The van der Waals surface area contributed by atoms with E-state index in [1.54, 1.807) is 25.6 Å². The molecule has 5 aromatic rings. The molecule has 0 unspecified atom stereocenters. The lowest BCUT2D eigenvalue weighted by Gasteiger charge is -2.16. The van der Waals surface area contributed by atoms with Crippen LogP contribution in [-0.2, 0) is 11.3 Å². The van der Waals surface area contributed by atoms with E-state index in [-0.39, 0.29) is 18.0 Å². The molecule has 3 aromatic heterocycles. The lowest BCUT2D eigenvalue weighted by Crippen LogP contribution is -2.37. The molecule has 0 fully saturated rings. The molecule has 0 bridgehead atoms. The Bertz CT molecular complexity index is 1590. The summed E-state index contributed by atoms with van der Waals surface area (Å²) in [6.07, 6.45) is 3.72. The smallest absolute Gasteiger partial charge is 0.280 e. The van der Waals surface area contributed by atoms with Gasteiger partial charge in [-0.2, -0.15) is 10.2 Å². The molecule has 3 heterocycles. The van der Waals surface area contributed by atoms with Gasteiger partial charge in [-0.15, -0.1) is 0 Å². The van der Waals surface area contributed by atoms with Crippen molar-refractivity contribution in [2.45, 2.75) is 26.4 Å². The van der Waals surface area contributed by atoms with Crippen molar-refractivity contribution < 1.29 is 9.53 Å². The maximum absolute atomic E-state index is 13.8. The number of aryl methyl sites for hydroxylation is 1. The number of ether oxygens (including phenoxy) is 1. The third-order valence-electron chi connectivity index (χ3n) is 6.13. The molecule has 0 aliphatic rings. The summed E-state index contributed by atoms with van der Waals surface area (Å²) in [4.78, 5) is 26.9. The molecule has 2 aromatic carbocycles. The second-order valence-corrected chi connectivity index (χ2v) is 8.43. The third kappa shape index (κ3) is 4.04. The first kappa shape index (κ1) is 23.1. The number of hydrogen-bond donors (Lipinski definition) is 1. The van der Waals surface area contributed by atoms with Crippen LogP contribution in [0, 0.1) is 6.92 Å². The van der Waals surface area contributed by atoms with Crippen LogP contribution in [0.1, 0.15) is 24.2 Å². The molecule has 0 aliphatic carbocycles. The van der Waals surface area contributed by atoms with Gasteiger partial charge in [0.25, 0.3) is 5.56 Å². The zero-order valence-corrected chi connectivity index (χ0v) is 20.3. The first-order chi connectivity index (χ1) is 17.5. The van der Waals surface area contributed by atoms with Crippen LogP contribution in [0.5, 0.6) is 5.75 Å². The molecule has 9 nitrogen and oxygen atoms in total. The highest BCUT2D eigenvalue weighted by molar-refractivity contribution is 5.88. The standard InChI is InChI=1S/C27H26N6O3/c1-18-24-23(26(31-15-9-10-16-31)33(30-24)21-12-5-4-6-13-21)27(35)32(29-18)19(2)25(34)28-17-20-11-7-8-14-22(20)36-3/h4-16,19H,17H2,1-3H3,(H,28,34)/t19-/m1/s1. The largest absolute Gasteiger partial charge is 0.496 e. The van der Waals surface area contributed by atoms with E-state index in [4.69, 9.17) is 9.84 Å². The summed E-state index contributed by atoms with van der Waals surface area (Å²) in [6.45, 7) is 3.72. The molecule has 182 valence electrons. The minimum absolute atomic E-state index is 0.268.